The Morgan fingerprint density at radius 2 is 2.00 bits per heavy atom. The molecule has 0 radical (unpaired) electrons. The minimum Gasteiger partial charge on any atom is -0.505 e. The fourth-order valence-electron chi connectivity index (χ4n) is 3.24. The maximum absolute atomic E-state index is 12.5. The van der Waals surface area contributed by atoms with E-state index in [0.29, 0.717) is 23.0 Å². The highest BCUT2D eigenvalue weighted by atomic mass is 16.3. The molecule has 0 aliphatic heterocycles. The second kappa shape index (κ2) is 6.31. The summed E-state index contributed by atoms with van der Waals surface area (Å²) >= 11 is 0. The van der Waals surface area contributed by atoms with Gasteiger partial charge in [0.2, 0.25) is 0 Å². The summed E-state index contributed by atoms with van der Waals surface area (Å²) in [7, 11) is 1.90. The average molecular weight is 353 g/mol. The van der Waals surface area contributed by atoms with Gasteiger partial charge >= 0.3 is 0 Å². The number of H-pyrrole nitrogens is 1. The lowest BCUT2D eigenvalue weighted by molar-refractivity contribution is 0.0858. The third kappa shape index (κ3) is 3.26. The van der Waals surface area contributed by atoms with Gasteiger partial charge in [0.25, 0.3) is 0 Å². The van der Waals surface area contributed by atoms with Crippen molar-refractivity contribution in [2.45, 2.75) is 41.0 Å². The van der Waals surface area contributed by atoms with Crippen molar-refractivity contribution < 1.29 is 9.90 Å². The summed E-state index contributed by atoms with van der Waals surface area (Å²) in [5.74, 6) is 1.43. The summed E-state index contributed by atoms with van der Waals surface area (Å²) in [4.78, 5) is 20.4. The fraction of sp³-hybridized carbons (Fsp3) is 0.429. The van der Waals surface area contributed by atoms with Crippen LogP contribution >= 0.6 is 0 Å². The van der Waals surface area contributed by atoms with Crippen LogP contribution < -0.4 is 0 Å². The number of Topliss-reactive ketones (excluding diaryl/α,β-unsaturated/α-hetero) is 1. The van der Waals surface area contributed by atoms with Crippen LogP contribution in [0.25, 0.3) is 22.6 Å². The lowest BCUT2D eigenvalue weighted by Gasteiger charge is -2.16. The van der Waals surface area contributed by atoms with Gasteiger partial charge in [-0.15, -0.1) is 0 Å². The third-order valence-corrected chi connectivity index (χ3v) is 4.51. The molecule has 5 heteroatoms. The number of nitrogens with zero attached hydrogens (tertiary/aromatic N) is 2. The Labute approximate surface area is 154 Å². The van der Waals surface area contributed by atoms with Gasteiger partial charge in [-0.05, 0) is 30.5 Å². The molecule has 0 saturated heterocycles. The van der Waals surface area contributed by atoms with Gasteiger partial charge in [0, 0.05) is 29.8 Å². The first-order chi connectivity index (χ1) is 12.1. The molecule has 1 aromatic carbocycles. The lowest BCUT2D eigenvalue weighted by Crippen LogP contribution is -2.19. The maximum Gasteiger partial charge on any atom is 0.168 e. The van der Waals surface area contributed by atoms with Crippen LogP contribution in [0.1, 0.15) is 50.5 Å². The highest BCUT2D eigenvalue weighted by Crippen LogP contribution is 2.34. The zero-order valence-electron chi connectivity index (χ0n) is 16.3. The number of ketones is 1. The average Bonchev–Trinajstić information content (AvgIpc) is 3.05. The summed E-state index contributed by atoms with van der Waals surface area (Å²) in [6.45, 7) is 9.99. The maximum atomic E-state index is 12.5. The molecule has 0 aliphatic rings. The second-order valence-electron chi connectivity index (χ2n) is 8.46. The normalized spacial score (nSPS) is 12.3. The molecular weight excluding hydrogens is 326 g/mol. The summed E-state index contributed by atoms with van der Waals surface area (Å²) in [5, 5.41) is 10.7. The molecule has 3 aromatic rings. The van der Waals surface area contributed by atoms with Crippen LogP contribution in [0.5, 0.6) is 5.75 Å². The zero-order chi connectivity index (χ0) is 19.2. The Bertz CT molecular complexity index is 971. The molecule has 2 N–H and O–H groups in total. The van der Waals surface area contributed by atoms with Crippen LogP contribution in [0.2, 0.25) is 0 Å². The standard InChI is InChI=1S/C21H27N3O2/c1-12(2)9-14-11-24(6)17(18(14)25)20-22-15-8-7-13(10-16(15)23-20)19(26)21(3,4)5/h7-8,10-12,25H,9H2,1-6H3,(H,22,23). The Kier molecular flexibility index (Phi) is 4.42. The van der Waals surface area contributed by atoms with Gasteiger partial charge in [-0.3, -0.25) is 4.79 Å². The van der Waals surface area contributed by atoms with Crippen molar-refractivity contribution in [3.8, 4) is 17.3 Å². The molecule has 26 heavy (non-hydrogen) atoms. The number of nitrogens with one attached hydrogen (secondary N) is 1. The molecule has 0 spiro atoms. The molecule has 0 amide bonds. The number of fused-ring (bicyclic) bond motifs is 1. The lowest BCUT2D eigenvalue weighted by atomic mass is 9.86. The molecule has 5 nitrogen and oxygen atoms in total. The van der Waals surface area contributed by atoms with Gasteiger partial charge in [-0.1, -0.05) is 34.6 Å². The third-order valence-electron chi connectivity index (χ3n) is 4.51. The second-order valence-corrected chi connectivity index (χ2v) is 8.46. The first kappa shape index (κ1) is 18.2. The van der Waals surface area contributed by atoms with Crippen molar-refractivity contribution in [2.75, 3.05) is 0 Å². The van der Waals surface area contributed by atoms with E-state index in [1.54, 1.807) is 0 Å². The molecule has 0 aliphatic carbocycles. The van der Waals surface area contributed by atoms with Crippen LogP contribution in [-0.4, -0.2) is 25.4 Å². The minimum absolute atomic E-state index is 0.0940. The Morgan fingerprint density at radius 1 is 1.31 bits per heavy atom. The largest absolute Gasteiger partial charge is 0.505 e. The Balaban J connectivity index is 2.05. The van der Waals surface area contributed by atoms with E-state index in [9.17, 15) is 9.90 Å². The van der Waals surface area contributed by atoms with Crippen LogP contribution in [0, 0.1) is 11.3 Å². The van der Waals surface area contributed by atoms with E-state index < -0.39 is 5.41 Å². The molecule has 138 valence electrons. The number of benzene rings is 1. The molecule has 0 unspecified atom stereocenters. The fourth-order valence-corrected chi connectivity index (χ4v) is 3.24. The number of carbonyl (C=O) groups is 1. The van der Waals surface area contributed by atoms with Gasteiger partial charge in [0.05, 0.1) is 11.0 Å². The SMILES string of the molecule is CC(C)Cc1cn(C)c(-c2nc3ccc(C(=O)C(C)(C)C)cc3[nH]2)c1O. The quantitative estimate of drug-likeness (QED) is 0.668. The van der Waals surface area contributed by atoms with Gasteiger partial charge in [-0.2, -0.15) is 0 Å². The van der Waals surface area contributed by atoms with Crippen molar-refractivity contribution in [1.82, 2.24) is 14.5 Å². The van der Waals surface area contributed by atoms with Crippen molar-refractivity contribution in [3.63, 3.8) is 0 Å². The summed E-state index contributed by atoms with van der Waals surface area (Å²) in [5.41, 5.74) is 3.38. The van der Waals surface area contributed by atoms with Crippen LogP contribution in [-0.2, 0) is 13.5 Å². The number of hydrogen-bond acceptors (Lipinski definition) is 3. The van der Waals surface area contributed by atoms with Gasteiger partial charge in [0.1, 0.15) is 11.4 Å². The number of aromatic amines is 1. The van der Waals surface area contributed by atoms with Crippen LogP contribution in [0.15, 0.2) is 24.4 Å². The number of aromatic hydroxyl groups is 1. The zero-order valence-corrected chi connectivity index (χ0v) is 16.3. The van der Waals surface area contributed by atoms with E-state index in [0.717, 1.165) is 23.0 Å². The Morgan fingerprint density at radius 3 is 2.62 bits per heavy atom. The smallest absolute Gasteiger partial charge is 0.168 e. The number of aryl methyl sites for hydroxylation is 1. The van der Waals surface area contributed by atoms with Crippen molar-refractivity contribution in [3.05, 3.63) is 35.5 Å². The molecule has 2 aromatic heterocycles. The molecule has 0 fully saturated rings. The van der Waals surface area contributed by atoms with E-state index >= 15 is 0 Å². The van der Waals surface area contributed by atoms with E-state index in [1.165, 1.54) is 0 Å². The van der Waals surface area contributed by atoms with E-state index in [4.69, 9.17) is 0 Å². The molecule has 0 saturated carbocycles. The van der Waals surface area contributed by atoms with Gasteiger partial charge in [-0.25, -0.2) is 4.98 Å². The number of hydrogen-bond donors (Lipinski definition) is 2. The van der Waals surface area contributed by atoms with Crippen LogP contribution in [0.4, 0.5) is 0 Å². The van der Waals surface area contributed by atoms with E-state index in [1.807, 2.05) is 56.8 Å². The molecular formula is C21H27N3O2. The topological polar surface area (TPSA) is 70.9 Å². The van der Waals surface area contributed by atoms with Crippen molar-refractivity contribution >= 4 is 16.8 Å². The van der Waals surface area contributed by atoms with Crippen molar-refractivity contribution in [1.29, 1.82) is 0 Å². The number of aromatic nitrogens is 3. The summed E-state index contributed by atoms with van der Waals surface area (Å²) in [6, 6.07) is 5.51. The molecule has 0 atom stereocenters. The molecule has 2 heterocycles. The monoisotopic (exact) mass is 353 g/mol. The molecule has 0 bridgehead atoms. The predicted molar refractivity (Wildman–Crippen MR) is 104 cm³/mol. The highest BCUT2D eigenvalue weighted by molar-refractivity contribution is 6.02. The number of imidazole rings is 1. The first-order valence-corrected chi connectivity index (χ1v) is 9.00. The number of carbonyl (C=O) groups excluding carboxylic acids is 1. The summed E-state index contributed by atoms with van der Waals surface area (Å²) < 4.78 is 1.89. The summed E-state index contributed by atoms with van der Waals surface area (Å²) in [6.07, 6.45) is 2.76. The van der Waals surface area contributed by atoms with E-state index in [-0.39, 0.29) is 11.5 Å². The van der Waals surface area contributed by atoms with Crippen molar-refractivity contribution in [2.24, 2.45) is 18.4 Å². The van der Waals surface area contributed by atoms with E-state index in [2.05, 4.69) is 23.8 Å². The molecule has 3 rings (SSSR count). The predicted octanol–water partition coefficient (Wildman–Crippen LogP) is 4.70. The first-order valence-electron chi connectivity index (χ1n) is 9.00. The Hall–Kier alpha value is -2.56. The highest BCUT2D eigenvalue weighted by Gasteiger charge is 2.24. The minimum atomic E-state index is -0.432. The number of rotatable bonds is 4. The van der Waals surface area contributed by atoms with Gasteiger partial charge in [0.15, 0.2) is 11.6 Å². The van der Waals surface area contributed by atoms with Gasteiger partial charge < -0.3 is 14.7 Å². The van der Waals surface area contributed by atoms with Crippen LogP contribution in [0.3, 0.4) is 0 Å².